The molecule has 2 unspecified atom stereocenters. The number of likely N-dealkylation sites (tertiary alicyclic amines) is 1. The summed E-state index contributed by atoms with van der Waals surface area (Å²) in [6.07, 6.45) is 1.68. The second kappa shape index (κ2) is 7.91. The number of aryl methyl sites for hydroxylation is 1. The molecule has 9 nitrogen and oxygen atoms in total. The quantitative estimate of drug-likeness (QED) is 0.516. The highest BCUT2D eigenvalue weighted by Gasteiger charge is 2.72. The molecule has 2 aliphatic heterocycles. The Morgan fingerprint density at radius 2 is 1.97 bits per heavy atom. The maximum absolute atomic E-state index is 12.8. The Bertz CT molecular complexity index is 1490. The molecule has 1 saturated carbocycles. The maximum atomic E-state index is 12.8. The van der Waals surface area contributed by atoms with E-state index in [1.165, 1.54) is 16.2 Å². The lowest BCUT2D eigenvalue weighted by molar-refractivity contribution is -0.143. The van der Waals surface area contributed by atoms with Crippen LogP contribution < -0.4 is 10.6 Å². The minimum Gasteiger partial charge on any atom is -0.324 e. The number of rotatable bonds is 5. The number of fused-ring (bicyclic) bond motifs is 2. The van der Waals surface area contributed by atoms with E-state index in [-0.39, 0.29) is 53.1 Å². The van der Waals surface area contributed by atoms with Crippen LogP contribution in [0.4, 0.5) is 5.69 Å². The van der Waals surface area contributed by atoms with Crippen LogP contribution in [0.5, 0.6) is 0 Å². The average Bonchev–Trinajstić information content (AvgIpc) is 3.05. The SMILES string of the molecule is Cc1nc(C#N)cc(-c2ccnc3cc(CN4C(=O)C5C(C4=O)C5(C)C)sc23)c1NC(=O)C1CNC1. The van der Waals surface area contributed by atoms with Crippen molar-refractivity contribution in [1.29, 1.82) is 5.26 Å². The van der Waals surface area contributed by atoms with Gasteiger partial charge >= 0.3 is 0 Å². The topological polar surface area (TPSA) is 128 Å². The number of thiophene rings is 1. The lowest BCUT2D eigenvalue weighted by Crippen LogP contribution is -2.48. The fourth-order valence-electron chi connectivity index (χ4n) is 5.39. The highest BCUT2D eigenvalue weighted by Crippen LogP contribution is 2.63. The highest BCUT2D eigenvalue weighted by molar-refractivity contribution is 7.19. The molecule has 0 spiro atoms. The number of carbonyl (C=O) groups excluding carboxylic acids is 3. The van der Waals surface area contributed by atoms with Gasteiger partial charge in [-0.3, -0.25) is 24.3 Å². The molecule has 2 atom stereocenters. The molecule has 5 heterocycles. The number of imide groups is 1. The molecule has 2 saturated heterocycles. The molecule has 2 N–H and O–H groups in total. The molecule has 0 radical (unpaired) electrons. The number of amides is 3. The minimum atomic E-state index is -0.242. The Hall–Kier alpha value is -3.68. The number of carbonyl (C=O) groups is 3. The van der Waals surface area contributed by atoms with Crippen LogP contribution in [0, 0.1) is 41.4 Å². The molecule has 3 fully saturated rings. The van der Waals surface area contributed by atoms with Crippen molar-refractivity contribution < 1.29 is 14.4 Å². The summed E-state index contributed by atoms with van der Waals surface area (Å²) in [5.41, 5.74) is 3.36. The third kappa shape index (κ3) is 3.34. The maximum Gasteiger partial charge on any atom is 0.234 e. The Morgan fingerprint density at radius 1 is 1.25 bits per heavy atom. The van der Waals surface area contributed by atoms with Crippen LogP contribution >= 0.6 is 11.3 Å². The van der Waals surface area contributed by atoms with E-state index in [0.29, 0.717) is 30.0 Å². The van der Waals surface area contributed by atoms with Crippen LogP contribution in [0.25, 0.3) is 21.3 Å². The van der Waals surface area contributed by atoms with Crippen molar-refractivity contribution in [3.63, 3.8) is 0 Å². The largest absolute Gasteiger partial charge is 0.324 e. The molecule has 36 heavy (non-hydrogen) atoms. The van der Waals surface area contributed by atoms with E-state index in [4.69, 9.17) is 0 Å². The first-order valence-electron chi connectivity index (χ1n) is 11.9. The van der Waals surface area contributed by atoms with Gasteiger partial charge in [-0.25, -0.2) is 4.98 Å². The van der Waals surface area contributed by atoms with E-state index < -0.39 is 0 Å². The zero-order chi connectivity index (χ0) is 25.4. The van der Waals surface area contributed by atoms with Crippen LogP contribution in [-0.4, -0.2) is 45.7 Å². The molecule has 3 aliphatic rings. The van der Waals surface area contributed by atoms with E-state index in [1.54, 1.807) is 19.2 Å². The van der Waals surface area contributed by atoms with Gasteiger partial charge in [0.25, 0.3) is 0 Å². The number of nitriles is 1. The highest BCUT2D eigenvalue weighted by atomic mass is 32.1. The zero-order valence-electron chi connectivity index (χ0n) is 20.1. The fourth-order valence-corrected chi connectivity index (χ4v) is 6.52. The van der Waals surface area contributed by atoms with Crippen LogP contribution in [0.2, 0.25) is 0 Å². The molecule has 0 bridgehead atoms. The Morgan fingerprint density at radius 3 is 2.61 bits per heavy atom. The number of anilines is 1. The zero-order valence-corrected chi connectivity index (χ0v) is 20.9. The minimum absolute atomic E-state index is 0.0886. The van der Waals surface area contributed by atoms with Gasteiger partial charge in [0.1, 0.15) is 11.8 Å². The summed E-state index contributed by atoms with van der Waals surface area (Å²) < 4.78 is 0.854. The van der Waals surface area contributed by atoms with Crippen LogP contribution in [-0.2, 0) is 20.9 Å². The third-order valence-corrected chi connectivity index (χ3v) is 8.82. The molecule has 0 aromatic carbocycles. The number of nitrogens with zero attached hydrogens (tertiary/aromatic N) is 4. The van der Waals surface area contributed by atoms with Crippen LogP contribution in [0.15, 0.2) is 24.4 Å². The van der Waals surface area contributed by atoms with Gasteiger partial charge in [-0.05, 0) is 30.5 Å². The standard InChI is InChI=1S/C26H24N6O3S/c1-12-21(31-23(33)13-9-28-10-13)17(6-14(8-27)30-12)16-4-5-29-18-7-15(36-22(16)18)11-32-24(34)19-20(25(32)35)26(19,2)3/h4-7,13,19-20,28H,9-11H2,1-3H3,(H,31,33). The van der Waals surface area contributed by atoms with Crippen molar-refractivity contribution in [2.24, 2.45) is 23.2 Å². The fraction of sp³-hybridized carbons (Fsp3) is 0.385. The third-order valence-electron chi connectivity index (χ3n) is 7.67. The van der Waals surface area contributed by atoms with Gasteiger partial charge in [-0.2, -0.15) is 5.26 Å². The molecule has 3 aromatic rings. The van der Waals surface area contributed by atoms with E-state index >= 15 is 0 Å². The van der Waals surface area contributed by atoms with Crippen LogP contribution in [0.1, 0.15) is 30.1 Å². The summed E-state index contributed by atoms with van der Waals surface area (Å²) >= 11 is 1.46. The van der Waals surface area contributed by atoms with Crippen molar-refractivity contribution in [3.05, 3.63) is 40.7 Å². The Balaban J connectivity index is 1.38. The van der Waals surface area contributed by atoms with Crippen molar-refractivity contribution in [2.75, 3.05) is 18.4 Å². The predicted octanol–water partition coefficient (Wildman–Crippen LogP) is 2.84. The molecule has 182 valence electrons. The lowest BCUT2D eigenvalue weighted by atomic mass is 10.00. The molecule has 6 rings (SSSR count). The molecule has 3 aromatic heterocycles. The number of hydrogen-bond acceptors (Lipinski definition) is 8. The van der Waals surface area contributed by atoms with Crippen LogP contribution in [0.3, 0.4) is 0 Å². The van der Waals surface area contributed by atoms with Crippen molar-refractivity contribution in [1.82, 2.24) is 20.2 Å². The van der Waals surface area contributed by atoms with E-state index in [2.05, 4.69) is 26.7 Å². The van der Waals surface area contributed by atoms with Gasteiger partial charge in [0.2, 0.25) is 17.7 Å². The predicted molar refractivity (Wildman–Crippen MR) is 134 cm³/mol. The summed E-state index contributed by atoms with van der Waals surface area (Å²) in [7, 11) is 0. The molecule has 10 heteroatoms. The van der Waals surface area contributed by atoms with Gasteiger partial charge in [-0.15, -0.1) is 11.3 Å². The number of aromatic nitrogens is 2. The first-order chi connectivity index (χ1) is 17.2. The molecule has 3 amide bonds. The second-order valence-electron chi connectivity index (χ2n) is 10.3. The summed E-state index contributed by atoms with van der Waals surface area (Å²) in [5, 5.41) is 15.7. The average molecular weight is 501 g/mol. The van der Waals surface area contributed by atoms with E-state index in [9.17, 15) is 19.6 Å². The number of piperidine rings is 1. The van der Waals surface area contributed by atoms with Gasteiger partial charge in [0, 0.05) is 35.3 Å². The summed E-state index contributed by atoms with van der Waals surface area (Å²) in [4.78, 5) is 49.5. The first-order valence-corrected chi connectivity index (χ1v) is 12.7. The van der Waals surface area contributed by atoms with Crippen molar-refractivity contribution >= 4 is 45.0 Å². The summed E-state index contributed by atoms with van der Waals surface area (Å²) in [6, 6.07) is 7.53. The number of hydrogen-bond donors (Lipinski definition) is 2. The smallest absolute Gasteiger partial charge is 0.234 e. The van der Waals surface area contributed by atoms with E-state index in [0.717, 1.165) is 20.7 Å². The van der Waals surface area contributed by atoms with Crippen molar-refractivity contribution in [3.8, 4) is 17.2 Å². The molecule has 1 aliphatic carbocycles. The first kappa shape index (κ1) is 22.8. The lowest BCUT2D eigenvalue weighted by Gasteiger charge is -2.26. The molecular weight excluding hydrogens is 476 g/mol. The molecular formula is C26H24N6O3S. The Kier molecular flexibility index (Phi) is 5.00. The Labute approximate surface area is 211 Å². The summed E-state index contributed by atoms with van der Waals surface area (Å²) in [5.74, 6) is -0.817. The summed E-state index contributed by atoms with van der Waals surface area (Å²) in [6.45, 7) is 7.19. The van der Waals surface area contributed by atoms with Gasteiger partial charge in [0.15, 0.2) is 0 Å². The van der Waals surface area contributed by atoms with E-state index in [1.807, 2.05) is 26.0 Å². The normalized spacial score (nSPS) is 22.3. The number of nitrogens with one attached hydrogen (secondary N) is 2. The second-order valence-corrected chi connectivity index (χ2v) is 11.4. The van der Waals surface area contributed by atoms with Gasteiger partial charge in [-0.1, -0.05) is 13.8 Å². The van der Waals surface area contributed by atoms with Crippen molar-refractivity contribution in [2.45, 2.75) is 27.3 Å². The van der Waals surface area contributed by atoms with Gasteiger partial charge < -0.3 is 10.6 Å². The monoisotopic (exact) mass is 500 g/mol. The number of pyridine rings is 2. The van der Waals surface area contributed by atoms with Gasteiger partial charge in [0.05, 0.1) is 45.9 Å².